The summed E-state index contributed by atoms with van der Waals surface area (Å²) in [5, 5.41) is 7.03. The van der Waals surface area contributed by atoms with Crippen molar-refractivity contribution >= 4 is 17.6 Å². The summed E-state index contributed by atoms with van der Waals surface area (Å²) >= 11 is 0. The first-order chi connectivity index (χ1) is 14.1. The summed E-state index contributed by atoms with van der Waals surface area (Å²) in [6.07, 6.45) is 2.49. The number of ether oxygens (including phenoxy) is 2. The maximum Gasteiger partial charge on any atom is 0.362 e. The molecule has 3 rings (SSSR count). The number of amides is 1. The van der Waals surface area contributed by atoms with Crippen LogP contribution >= 0.6 is 0 Å². The molecule has 0 atom stereocenters. The predicted octanol–water partition coefficient (Wildman–Crippen LogP) is 3.63. The van der Waals surface area contributed by atoms with E-state index in [9.17, 15) is 9.59 Å². The molecule has 3 aromatic rings. The zero-order chi connectivity index (χ0) is 20.6. The number of para-hydroxylation sites is 1. The molecule has 0 saturated carbocycles. The smallest absolute Gasteiger partial charge is 0.362 e. The minimum Gasteiger partial charge on any atom is -0.480 e. The van der Waals surface area contributed by atoms with Gasteiger partial charge in [-0.15, -0.1) is 0 Å². The van der Waals surface area contributed by atoms with Crippen molar-refractivity contribution in [1.82, 2.24) is 9.78 Å². The van der Waals surface area contributed by atoms with E-state index in [0.717, 1.165) is 12.1 Å². The number of hydrogen-bond donors (Lipinski definition) is 1. The number of nitrogens with zero attached hydrogens (tertiary/aromatic N) is 2. The number of anilines is 1. The van der Waals surface area contributed by atoms with Crippen molar-refractivity contribution in [1.29, 1.82) is 0 Å². The average molecular weight is 393 g/mol. The topological polar surface area (TPSA) is 82.4 Å². The first-order valence-corrected chi connectivity index (χ1v) is 9.44. The second-order valence-electron chi connectivity index (χ2n) is 6.23. The Morgan fingerprint density at radius 1 is 1.03 bits per heavy atom. The first-order valence-electron chi connectivity index (χ1n) is 9.44. The zero-order valence-corrected chi connectivity index (χ0v) is 16.4. The second-order valence-corrected chi connectivity index (χ2v) is 6.23. The highest BCUT2D eigenvalue weighted by Gasteiger charge is 2.21. The maximum absolute atomic E-state index is 12.2. The molecule has 7 nitrogen and oxygen atoms in total. The Balaban J connectivity index is 1.71. The van der Waals surface area contributed by atoms with Crippen LogP contribution in [-0.2, 0) is 16.0 Å². The average Bonchev–Trinajstić information content (AvgIpc) is 3.18. The summed E-state index contributed by atoms with van der Waals surface area (Å²) in [5.74, 6) is -0.756. The van der Waals surface area contributed by atoms with Crippen LogP contribution in [0.2, 0.25) is 0 Å². The van der Waals surface area contributed by atoms with Gasteiger partial charge in [0.25, 0.3) is 5.91 Å². The Bertz CT molecular complexity index is 965. The van der Waals surface area contributed by atoms with Crippen molar-refractivity contribution < 1.29 is 19.1 Å². The van der Waals surface area contributed by atoms with Gasteiger partial charge < -0.3 is 14.8 Å². The maximum atomic E-state index is 12.2. The molecule has 0 aliphatic carbocycles. The van der Waals surface area contributed by atoms with E-state index in [2.05, 4.69) is 17.3 Å². The minimum absolute atomic E-state index is 0.0239. The van der Waals surface area contributed by atoms with Crippen LogP contribution in [0.1, 0.15) is 29.9 Å². The number of aryl methyl sites for hydroxylation is 1. The number of rotatable bonds is 8. The van der Waals surface area contributed by atoms with Crippen LogP contribution in [0.3, 0.4) is 0 Å². The SMILES string of the molecule is CCOC(=O)c1nn(-c2ccccc2)cc1OCC(=O)Nc1ccc(CC)cc1. The molecule has 1 amide bonds. The van der Waals surface area contributed by atoms with Gasteiger partial charge in [0.1, 0.15) is 0 Å². The molecule has 0 radical (unpaired) electrons. The molecule has 0 aliphatic heterocycles. The molecule has 29 heavy (non-hydrogen) atoms. The van der Waals surface area contributed by atoms with Crippen molar-refractivity contribution in [2.75, 3.05) is 18.5 Å². The third kappa shape index (κ3) is 5.22. The molecule has 0 fully saturated rings. The highest BCUT2D eigenvalue weighted by atomic mass is 16.5. The van der Waals surface area contributed by atoms with Gasteiger partial charge >= 0.3 is 5.97 Å². The Hall–Kier alpha value is -3.61. The molecule has 0 bridgehead atoms. The van der Waals surface area contributed by atoms with Crippen molar-refractivity contribution in [3.05, 3.63) is 72.1 Å². The second kappa shape index (κ2) is 9.54. The van der Waals surface area contributed by atoms with E-state index in [1.165, 1.54) is 10.2 Å². The molecular formula is C22H23N3O4. The monoisotopic (exact) mass is 393 g/mol. The molecule has 0 aliphatic rings. The molecule has 150 valence electrons. The van der Waals surface area contributed by atoms with E-state index in [-0.39, 0.29) is 30.6 Å². The number of esters is 1. The normalized spacial score (nSPS) is 10.4. The first kappa shape index (κ1) is 20.1. The molecule has 0 unspecified atom stereocenters. The molecule has 1 N–H and O–H groups in total. The standard InChI is InChI=1S/C22H23N3O4/c1-3-16-10-12-17(13-11-16)23-20(26)15-29-19-14-25(18-8-6-5-7-9-18)24-21(19)22(27)28-4-2/h5-14H,3-4,15H2,1-2H3,(H,23,26). The Morgan fingerprint density at radius 2 is 1.76 bits per heavy atom. The van der Waals surface area contributed by atoms with Crippen LogP contribution in [0.5, 0.6) is 5.75 Å². The van der Waals surface area contributed by atoms with Crippen molar-refractivity contribution in [3.8, 4) is 11.4 Å². The van der Waals surface area contributed by atoms with Gasteiger partial charge in [-0.2, -0.15) is 5.10 Å². The Morgan fingerprint density at radius 3 is 2.41 bits per heavy atom. The van der Waals surface area contributed by atoms with Crippen LogP contribution in [0.15, 0.2) is 60.8 Å². The molecular weight excluding hydrogens is 370 g/mol. The fraction of sp³-hybridized carbons (Fsp3) is 0.227. The number of aromatic nitrogens is 2. The fourth-order valence-electron chi connectivity index (χ4n) is 2.68. The number of nitrogens with one attached hydrogen (secondary N) is 1. The summed E-state index contributed by atoms with van der Waals surface area (Å²) in [6.45, 7) is 3.73. The summed E-state index contributed by atoms with van der Waals surface area (Å²) in [5.41, 5.74) is 2.65. The van der Waals surface area contributed by atoms with E-state index >= 15 is 0 Å². The van der Waals surface area contributed by atoms with Gasteiger partial charge in [0.2, 0.25) is 5.69 Å². The molecule has 1 aromatic heterocycles. The summed E-state index contributed by atoms with van der Waals surface area (Å²) in [7, 11) is 0. The van der Waals surface area contributed by atoms with Gasteiger partial charge in [-0.3, -0.25) is 4.79 Å². The summed E-state index contributed by atoms with van der Waals surface area (Å²) < 4.78 is 12.2. The number of carbonyl (C=O) groups excluding carboxylic acids is 2. The van der Waals surface area contributed by atoms with Crippen LogP contribution in [0.4, 0.5) is 5.69 Å². The minimum atomic E-state index is -0.604. The highest BCUT2D eigenvalue weighted by molar-refractivity contribution is 5.93. The van der Waals surface area contributed by atoms with Gasteiger partial charge in [-0.25, -0.2) is 9.48 Å². The van der Waals surface area contributed by atoms with Crippen molar-refractivity contribution in [2.45, 2.75) is 20.3 Å². The van der Waals surface area contributed by atoms with Crippen LogP contribution in [0.25, 0.3) is 5.69 Å². The molecule has 7 heteroatoms. The Labute approximate surface area is 169 Å². The highest BCUT2D eigenvalue weighted by Crippen LogP contribution is 2.21. The van der Waals surface area contributed by atoms with E-state index in [0.29, 0.717) is 5.69 Å². The van der Waals surface area contributed by atoms with E-state index in [1.54, 1.807) is 13.1 Å². The third-order valence-electron chi connectivity index (χ3n) is 4.17. The lowest BCUT2D eigenvalue weighted by Crippen LogP contribution is -2.20. The number of hydrogen-bond acceptors (Lipinski definition) is 5. The van der Waals surface area contributed by atoms with Crippen molar-refractivity contribution in [2.24, 2.45) is 0 Å². The van der Waals surface area contributed by atoms with E-state index in [1.807, 2.05) is 54.6 Å². The third-order valence-corrected chi connectivity index (χ3v) is 4.17. The van der Waals surface area contributed by atoms with Crippen LogP contribution in [-0.4, -0.2) is 34.9 Å². The number of carbonyl (C=O) groups is 2. The van der Waals surface area contributed by atoms with Gasteiger partial charge in [0, 0.05) is 5.69 Å². The fourth-order valence-corrected chi connectivity index (χ4v) is 2.68. The largest absolute Gasteiger partial charge is 0.480 e. The van der Waals surface area contributed by atoms with Gasteiger partial charge in [0.15, 0.2) is 12.4 Å². The Kier molecular flexibility index (Phi) is 6.63. The predicted molar refractivity (Wildman–Crippen MR) is 109 cm³/mol. The lowest BCUT2D eigenvalue weighted by atomic mass is 10.1. The molecule has 0 spiro atoms. The zero-order valence-electron chi connectivity index (χ0n) is 16.4. The van der Waals surface area contributed by atoms with Crippen LogP contribution < -0.4 is 10.1 Å². The van der Waals surface area contributed by atoms with E-state index in [4.69, 9.17) is 9.47 Å². The van der Waals surface area contributed by atoms with Gasteiger partial charge in [0.05, 0.1) is 18.5 Å². The van der Waals surface area contributed by atoms with Gasteiger partial charge in [-0.05, 0) is 43.2 Å². The van der Waals surface area contributed by atoms with Gasteiger partial charge in [-0.1, -0.05) is 37.3 Å². The molecule has 0 saturated heterocycles. The van der Waals surface area contributed by atoms with E-state index < -0.39 is 5.97 Å². The summed E-state index contributed by atoms with van der Waals surface area (Å²) in [6, 6.07) is 16.9. The molecule has 1 heterocycles. The van der Waals surface area contributed by atoms with Crippen molar-refractivity contribution in [3.63, 3.8) is 0 Å². The number of benzene rings is 2. The summed E-state index contributed by atoms with van der Waals surface area (Å²) in [4.78, 5) is 24.5. The lowest BCUT2D eigenvalue weighted by molar-refractivity contribution is -0.118. The van der Waals surface area contributed by atoms with Crippen LogP contribution in [0, 0.1) is 0 Å². The quantitative estimate of drug-likeness (QED) is 0.591. The lowest BCUT2D eigenvalue weighted by Gasteiger charge is -2.08. The molecule has 2 aromatic carbocycles.